The van der Waals surface area contributed by atoms with Gasteiger partial charge in [0.25, 0.3) is 0 Å². The summed E-state index contributed by atoms with van der Waals surface area (Å²) in [6, 6.07) is 2.20. The van der Waals surface area contributed by atoms with Crippen LogP contribution in [0.5, 0.6) is 0 Å². The Morgan fingerprint density at radius 3 is 2.11 bits per heavy atom. The number of hydrogen-bond donors (Lipinski definition) is 1. The monoisotopic (exact) mass is 385 g/mol. The van der Waals surface area contributed by atoms with Crippen molar-refractivity contribution in [2.24, 2.45) is 11.8 Å². The highest BCUT2D eigenvalue weighted by molar-refractivity contribution is 5.81. The molecule has 1 aromatic heterocycles. The van der Waals surface area contributed by atoms with Crippen molar-refractivity contribution in [2.75, 3.05) is 31.1 Å². The molecule has 1 saturated heterocycles. The molecule has 0 aromatic carbocycles. The largest absolute Gasteiger partial charge is 0.353 e. The second kappa shape index (κ2) is 8.88. The van der Waals surface area contributed by atoms with Gasteiger partial charge in [0, 0.05) is 56.5 Å². The molecule has 4 rings (SSSR count). The number of carbonyl (C=O) groups excluding carboxylic acids is 2. The summed E-state index contributed by atoms with van der Waals surface area (Å²) < 4.78 is 0. The maximum atomic E-state index is 12.9. The molecule has 7 heteroatoms. The van der Waals surface area contributed by atoms with Crippen molar-refractivity contribution in [1.82, 2.24) is 20.2 Å². The summed E-state index contributed by atoms with van der Waals surface area (Å²) in [5.41, 5.74) is 0. The first-order valence-corrected chi connectivity index (χ1v) is 10.8. The maximum absolute atomic E-state index is 12.9. The fourth-order valence-corrected chi connectivity index (χ4v) is 4.83. The average molecular weight is 386 g/mol. The summed E-state index contributed by atoms with van der Waals surface area (Å²) in [6.07, 6.45) is 11.6. The van der Waals surface area contributed by atoms with Gasteiger partial charge >= 0.3 is 0 Å². The van der Waals surface area contributed by atoms with E-state index in [0.717, 1.165) is 70.7 Å². The highest BCUT2D eigenvalue weighted by atomic mass is 16.2. The molecule has 1 aromatic rings. The Kier molecular flexibility index (Phi) is 6.07. The van der Waals surface area contributed by atoms with Crippen LogP contribution in [0.25, 0.3) is 0 Å². The van der Waals surface area contributed by atoms with Crippen LogP contribution in [0.3, 0.4) is 0 Å². The lowest BCUT2D eigenvalue weighted by molar-refractivity contribution is -0.138. The van der Waals surface area contributed by atoms with Gasteiger partial charge in [0.15, 0.2) is 0 Å². The van der Waals surface area contributed by atoms with Crippen molar-refractivity contribution in [2.45, 2.75) is 57.4 Å². The number of hydrogen-bond acceptors (Lipinski definition) is 5. The molecule has 28 heavy (non-hydrogen) atoms. The fraction of sp³-hybridized carbons (Fsp3) is 0.714. The molecule has 1 aliphatic heterocycles. The normalized spacial score (nSPS) is 26.3. The zero-order chi connectivity index (χ0) is 19.3. The highest BCUT2D eigenvalue weighted by Gasteiger charge is 2.34. The summed E-state index contributed by atoms with van der Waals surface area (Å²) in [6.45, 7) is 2.99. The van der Waals surface area contributed by atoms with Gasteiger partial charge in [-0.2, -0.15) is 0 Å². The van der Waals surface area contributed by atoms with Gasteiger partial charge in [-0.1, -0.05) is 12.8 Å². The van der Waals surface area contributed by atoms with Crippen LogP contribution >= 0.6 is 0 Å². The first-order valence-electron chi connectivity index (χ1n) is 10.8. The Morgan fingerprint density at radius 1 is 0.857 bits per heavy atom. The van der Waals surface area contributed by atoms with E-state index in [1.807, 2.05) is 11.0 Å². The lowest BCUT2D eigenvalue weighted by Crippen LogP contribution is -2.51. The number of carbonyl (C=O) groups is 2. The third kappa shape index (κ3) is 4.45. The smallest absolute Gasteiger partial charge is 0.225 e. The van der Waals surface area contributed by atoms with Crippen molar-refractivity contribution in [3.8, 4) is 0 Å². The molecule has 1 N–H and O–H groups in total. The lowest BCUT2D eigenvalue weighted by atomic mass is 9.80. The van der Waals surface area contributed by atoms with E-state index in [2.05, 4.69) is 20.2 Å². The van der Waals surface area contributed by atoms with Crippen LogP contribution in [-0.2, 0) is 9.59 Å². The first-order chi connectivity index (χ1) is 13.7. The number of rotatable bonds is 4. The molecule has 2 saturated carbocycles. The summed E-state index contributed by atoms with van der Waals surface area (Å²) in [5.74, 6) is 1.40. The van der Waals surface area contributed by atoms with Crippen LogP contribution in [0.4, 0.5) is 5.95 Å². The van der Waals surface area contributed by atoms with Crippen LogP contribution in [0.2, 0.25) is 0 Å². The minimum atomic E-state index is 0.0788. The van der Waals surface area contributed by atoms with Gasteiger partial charge in [-0.15, -0.1) is 0 Å². The predicted octanol–water partition coefficient (Wildman–Crippen LogP) is 1.99. The Balaban J connectivity index is 1.21. The number of amides is 2. The van der Waals surface area contributed by atoms with Gasteiger partial charge in [0.1, 0.15) is 0 Å². The van der Waals surface area contributed by atoms with Crippen molar-refractivity contribution in [3.63, 3.8) is 0 Å². The Morgan fingerprint density at radius 2 is 1.46 bits per heavy atom. The van der Waals surface area contributed by atoms with E-state index in [1.54, 1.807) is 12.4 Å². The van der Waals surface area contributed by atoms with Crippen LogP contribution in [0.1, 0.15) is 51.4 Å². The molecule has 0 atom stereocenters. The van der Waals surface area contributed by atoms with Gasteiger partial charge in [-0.05, 0) is 44.6 Å². The maximum Gasteiger partial charge on any atom is 0.225 e. The zero-order valence-electron chi connectivity index (χ0n) is 16.6. The first kappa shape index (κ1) is 19.2. The van der Waals surface area contributed by atoms with E-state index in [9.17, 15) is 9.59 Å². The van der Waals surface area contributed by atoms with Crippen LogP contribution in [0.15, 0.2) is 18.5 Å². The second-order valence-corrected chi connectivity index (χ2v) is 8.40. The molecule has 3 aliphatic rings. The van der Waals surface area contributed by atoms with E-state index >= 15 is 0 Å². The van der Waals surface area contributed by atoms with Crippen molar-refractivity contribution in [3.05, 3.63) is 18.5 Å². The zero-order valence-corrected chi connectivity index (χ0v) is 16.6. The summed E-state index contributed by atoms with van der Waals surface area (Å²) in [7, 11) is 0. The van der Waals surface area contributed by atoms with Crippen molar-refractivity contribution >= 4 is 17.8 Å². The van der Waals surface area contributed by atoms with Gasteiger partial charge in [0.05, 0.1) is 0 Å². The second-order valence-electron chi connectivity index (χ2n) is 8.40. The van der Waals surface area contributed by atoms with Crippen LogP contribution < -0.4 is 10.2 Å². The molecule has 0 unspecified atom stereocenters. The average Bonchev–Trinajstić information content (AvgIpc) is 3.27. The topological polar surface area (TPSA) is 78.4 Å². The highest BCUT2D eigenvalue weighted by Crippen LogP contribution is 2.31. The molecule has 7 nitrogen and oxygen atoms in total. The molecule has 0 bridgehead atoms. The Bertz CT molecular complexity index is 661. The number of nitrogens with one attached hydrogen (secondary N) is 1. The van der Waals surface area contributed by atoms with E-state index in [4.69, 9.17) is 0 Å². The van der Waals surface area contributed by atoms with E-state index in [0.29, 0.717) is 6.04 Å². The molecule has 2 aliphatic carbocycles. The van der Waals surface area contributed by atoms with Gasteiger partial charge < -0.3 is 15.1 Å². The summed E-state index contributed by atoms with van der Waals surface area (Å²) in [5, 5.41) is 3.22. The standard InChI is InChI=1S/C21H31N5O2/c27-19(24-18-4-1-2-5-18)16-6-8-17(9-7-16)20(28)25-12-14-26(15-13-25)21-22-10-3-11-23-21/h3,10-11,16-18H,1-2,4-9,12-15H2,(H,24,27). The number of piperazine rings is 1. The molecule has 0 radical (unpaired) electrons. The minimum Gasteiger partial charge on any atom is -0.353 e. The molecule has 2 amide bonds. The van der Waals surface area contributed by atoms with Gasteiger partial charge in [0.2, 0.25) is 17.8 Å². The predicted molar refractivity (Wildman–Crippen MR) is 107 cm³/mol. The SMILES string of the molecule is O=C(NC1CCCC1)C1CCC(C(=O)N2CCN(c3ncccn3)CC2)CC1. The third-order valence-electron chi connectivity index (χ3n) is 6.58. The number of aromatic nitrogens is 2. The number of nitrogens with zero attached hydrogens (tertiary/aromatic N) is 4. The quantitative estimate of drug-likeness (QED) is 0.858. The molecular formula is C21H31N5O2. The van der Waals surface area contributed by atoms with Crippen molar-refractivity contribution in [1.29, 1.82) is 0 Å². The van der Waals surface area contributed by atoms with E-state index < -0.39 is 0 Å². The van der Waals surface area contributed by atoms with Gasteiger partial charge in [-0.25, -0.2) is 9.97 Å². The fourth-order valence-electron chi connectivity index (χ4n) is 4.83. The molecular weight excluding hydrogens is 354 g/mol. The van der Waals surface area contributed by atoms with E-state index in [1.165, 1.54) is 12.8 Å². The van der Waals surface area contributed by atoms with Crippen LogP contribution in [0, 0.1) is 11.8 Å². The lowest BCUT2D eigenvalue weighted by Gasteiger charge is -2.37. The Hall–Kier alpha value is -2.18. The molecule has 0 spiro atoms. The van der Waals surface area contributed by atoms with Gasteiger partial charge in [-0.3, -0.25) is 9.59 Å². The van der Waals surface area contributed by atoms with Crippen molar-refractivity contribution < 1.29 is 9.59 Å². The van der Waals surface area contributed by atoms with E-state index in [-0.39, 0.29) is 23.7 Å². The minimum absolute atomic E-state index is 0.0788. The summed E-state index contributed by atoms with van der Waals surface area (Å²) in [4.78, 5) is 38.1. The third-order valence-corrected chi connectivity index (χ3v) is 6.58. The summed E-state index contributed by atoms with van der Waals surface area (Å²) >= 11 is 0. The number of anilines is 1. The molecule has 152 valence electrons. The Labute approximate surface area is 166 Å². The molecule has 2 heterocycles. The molecule has 3 fully saturated rings. The van der Waals surface area contributed by atoms with Crippen LogP contribution in [-0.4, -0.2) is 58.9 Å².